The van der Waals surface area contributed by atoms with Crippen molar-refractivity contribution in [2.75, 3.05) is 0 Å². The maximum absolute atomic E-state index is 12.9. The largest absolute Gasteiger partial charge is 0.481 e. The minimum absolute atomic E-state index is 0.0616. The van der Waals surface area contributed by atoms with Gasteiger partial charge in [0.05, 0.1) is 12.1 Å². The van der Waals surface area contributed by atoms with E-state index >= 15 is 0 Å². The van der Waals surface area contributed by atoms with Gasteiger partial charge in [0, 0.05) is 19.3 Å². The van der Waals surface area contributed by atoms with E-state index in [-0.39, 0.29) is 25.7 Å². The number of carboxylic acids is 2. The van der Waals surface area contributed by atoms with Gasteiger partial charge in [0.2, 0.25) is 23.6 Å². The molecule has 0 heterocycles. The lowest BCUT2D eigenvalue weighted by molar-refractivity contribution is -0.143. The van der Waals surface area contributed by atoms with Crippen molar-refractivity contribution in [3.8, 4) is 0 Å². The molecule has 0 saturated heterocycles. The van der Waals surface area contributed by atoms with Gasteiger partial charge >= 0.3 is 11.9 Å². The number of amides is 4. The SMILES string of the molecule is CC(O)C(NC(=O)C(CCC(N)=O)NC(=O)C(N)CCC(=O)O)C(=O)NC(Cc1ccccc1)C(=O)O. The van der Waals surface area contributed by atoms with Gasteiger partial charge in [0.15, 0.2) is 0 Å². The number of hydrogen-bond acceptors (Lipinski definition) is 8. The number of hydrogen-bond donors (Lipinski definition) is 8. The summed E-state index contributed by atoms with van der Waals surface area (Å²) in [7, 11) is 0. The molecule has 0 aromatic heterocycles. The van der Waals surface area contributed by atoms with Crippen LogP contribution in [0.1, 0.15) is 38.2 Å². The topological polar surface area (TPSA) is 251 Å². The van der Waals surface area contributed by atoms with E-state index in [1.54, 1.807) is 30.3 Å². The molecule has 5 atom stereocenters. The van der Waals surface area contributed by atoms with Crippen LogP contribution in [0.4, 0.5) is 0 Å². The molecule has 5 unspecified atom stereocenters. The third-order valence-electron chi connectivity index (χ3n) is 5.28. The first-order valence-electron chi connectivity index (χ1n) is 11.4. The highest BCUT2D eigenvalue weighted by molar-refractivity contribution is 5.94. The van der Waals surface area contributed by atoms with Gasteiger partial charge in [-0.25, -0.2) is 4.79 Å². The second-order valence-corrected chi connectivity index (χ2v) is 8.42. The van der Waals surface area contributed by atoms with Crippen molar-refractivity contribution in [2.45, 2.75) is 69.3 Å². The molecule has 0 aliphatic rings. The summed E-state index contributed by atoms with van der Waals surface area (Å²) in [4.78, 5) is 71.7. The number of rotatable bonds is 16. The Labute approximate surface area is 212 Å². The van der Waals surface area contributed by atoms with Crippen LogP contribution in [-0.2, 0) is 35.2 Å². The number of carbonyl (C=O) groups excluding carboxylic acids is 4. The minimum Gasteiger partial charge on any atom is -0.481 e. The standard InChI is InChI=1S/C23H33N5O9/c1-12(29)19(22(35)27-16(23(36)37)11-13-5-3-2-4-6-13)28-21(34)15(8-9-17(25)30)26-20(33)14(24)7-10-18(31)32/h2-6,12,14-16,19,29H,7-11,24H2,1H3,(H2,25,30)(H,26,33)(H,27,35)(H,28,34)(H,31,32)(H,36,37). The summed E-state index contributed by atoms with van der Waals surface area (Å²) in [5.41, 5.74) is 11.4. The fraction of sp³-hybridized carbons (Fsp3) is 0.478. The average Bonchev–Trinajstić information content (AvgIpc) is 2.82. The number of aliphatic carboxylic acids is 2. The summed E-state index contributed by atoms with van der Waals surface area (Å²) in [6, 6.07) is 2.81. The van der Waals surface area contributed by atoms with Crippen LogP contribution in [0, 0.1) is 0 Å². The Balaban J connectivity index is 2.97. The van der Waals surface area contributed by atoms with Crippen molar-refractivity contribution in [1.29, 1.82) is 0 Å². The molecule has 1 rings (SSSR count). The van der Waals surface area contributed by atoms with Crippen LogP contribution in [-0.4, -0.2) is 81.2 Å². The maximum atomic E-state index is 12.9. The molecule has 1 aromatic carbocycles. The molecule has 37 heavy (non-hydrogen) atoms. The van der Waals surface area contributed by atoms with Gasteiger partial charge in [-0.1, -0.05) is 30.3 Å². The van der Waals surface area contributed by atoms with Gasteiger partial charge in [-0.15, -0.1) is 0 Å². The molecule has 0 aliphatic heterocycles. The first-order chi connectivity index (χ1) is 17.3. The highest BCUT2D eigenvalue weighted by Gasteiger charge is 2.33. The minimum atomic E-state index is -1.61. The van der Waals surface area contributed by atoms with Crippen LogP contribution < -0.4 is 27.4 Å². The molecular weight excluding hydrogens is 490 g/mol. The van der Waals surface area contributed by atoms with Gasteiger partial charge in [-0.05, 0) is 25.3 Å². The molecule has 0 bridgehead atoms. The molecule has 0 saturated carbocycles. The van der Waals surface area contributed by atoms with Crippen LogP contribution in [0.2, 0.25) is 0 Å². The quantitative estimate of drug-likeness (QED) is 0.114. The summed E-state index contributed by atoms with van der Waals surface area (Å²) in [5.74, 6) is -6.14. The maximum Gasteiger partial charge on any atom is 0.326 e. The number of primary amides is 1. The Morgan fingerprint density at radius 1 is 0.838 bits per heavy atom. The molecule has 1 aromatic rings. The highest BCUT2D eigenvalue weighted by Crippen LogP contribution is 2.06. The van der Waals surface area contributed by atoms with E-state index in [0.29, 0.717) is 5.56 Å². The lowest BCUT2D eigenvalue weighted by Gasteiger charge is -2.26. The van der Waals surface area contributed by atoms with Crippen molar-refractivity contribution >= 4 is 35.6 Å². The lowest BCUT2D eigenvalue weighted by atomic mass is 10.0. The third-order valence-corrected chi connectivity index (χ3v) is 5.28. The molecular formula is C23H33N5O9. The smallest absolute Gasteiger partial charge is 0.326 e. The van der Waals surface area contributed by atoms with Gasteiger partial charge in [-0.2, -0.15) is 0 Å². The third kappa shape index (κ3) is 11.5. The molecule has 0 fully saturated rings. The van der Waals surface area contributed by atoms with E-state index in [9.17, 15) is 39.0 Å². The summed E-state index contributed by atoms with van der Waals surface area (Å²) in [6.45, 7) is 1.19. The molecule has 14 nitrogen and oxygen atoms in total. The highest BCUT2D eigenvalue weighted by atomic mass is 16.4. The fourth-order valence-electron chi connectivity index (χ4n) is 3.21. The monoisotopic (exact) mass is 523 g/mol. The Hall–Kier alpha value is -4.04. The summed E-state index contributed by atoms with van der Waals surface area (Å²) in [5, 5.41) is 35.2. The summed E-state index contributed by atoms with van der Waals surface area (Å²) >= 11 is 0. The summed E-state index contributed by atoms with van der Waals surface area (Å²) < 4.78 is 0. The van der Waals surface area contributed by atoms with E-state index in [1.165, 1.54) is 6.92 Å². The van der Waals surface area contributed by atoms with Crippen LogP contribution in [0.5, 0.6) is 0 Å². The molecule has 10 N–H and O–H groups in total. The Kier molecular flexibility index (Phi) is 12.7. The average molecular weight is 524 g/mol. The van der Waals surface area contributed by atoms with Gasteiger partial charge in [-0.3, -0.25) is 24.0 Å². The van der Waals surface area contributed by atoms with E-state index in [2.05, 4.69) is 16.0 Å². The molecule has 0 radical (unpaired) electrons. The van der Waals surface area contributed by atoms with Crippen molar-refractivity contribution in [3.05, 3.63) is 35.9 Å². The van der Waals surface area contributed by atoms with Crippen LogP contribution in [0.3, 0.4) is 0 Å². The summed E-state index contributed by atoms with van der Waals surface area (Å²) in [6.07, 6.45) is -2.76. The van der Waals surface area contributed by atoms with E-state index in [4.69, 9.17) is 16.6 Å². The second kappa shape index (κ2) is 15.2. The Morgan fingerprint density at radius 3 is 1.95 bits per heavy atom. The molecule has 204 valence electrons. The second-order valence-electron chi connectivity index (χ2n) is 8.42. The van der Waals surface area contributed by atoms with Crippen molar-refractivity contribution in [1.82, 2.24) is 16.0 Å². The zero-order valence-corrected chi connectivity index (χ0v) is 20.3. The first-order valence-corrected chi connectivity index (χ1v) is 11.4. The van der Waals surface area contributed by atoms with Gasteiger partial charge < -0.3 is 42.7 Å². The first kappa shape index (κ1) is 31.0. The number of benzene rings is 1. The van der Waals surface area contributed by atoms with Crippen LogP contribution in [0.15, 0.2) is 30.3 Å². The van der Waals surface area contributed by atoms with Crippen LogP contribution >= 0.6 is 0 Å². The number of nitrogens with one attached hydrogen (secondary N) is 3. The Morgan fingerprint density at radius 2 is 1.43 bits per heavy atom. The van der Waals surface area contributed by atoms with Gasteiger partial charge in [0.1, 0.15) is 18.1 Å². The molecule has 14 heteroatoms. The predicted molar refractivity (Wildman–Crippen MR) is 129 cm³/mol. The van der Waals surface area contributed by atoms with E-state index in [0.717, 1.165) is 0 Å². The van der Waals surface area contributed by atoms with Crippen molar-refractivity contribution in [3.63, 3.8) is 0 Å². The molecule has 0 aliphatic carbocycles. The normalized spacial score (nSPS) is 14.8. The lowest BCUT2D eigenvalue weighted by Crippen LogP contribution is -2.60. The van der Waals surface area contributed by atoms with E-state index in [1.807, 2.05) is 0 Å². The number of carbonyl (C=O) groups is 6. The molecule has 0 spiro atoms. The zero-order valence-electron chi connectivity index (χ0n) is 20.3. The van der Waals surface area contributed by atoms with Crippen molar-refractivity contribution < 1.29 is 44.1 Å². The van der Waals surface area contributed by atoms with E-state index < -0.39 is 72.3 Å². The van der Waals surface area contributed by atoms with Crippen molar-refractivity contribution in [2.24, 2.45) is 11.5 Å². The number of nitrogens with two attached hydrogens (primary N) is 2. The number of carboxylic acid groups (broad SMARTS) is 2. The fourth-order valence-corrected chi connectivity index (χ4v) is 3.21. The van der Waals surface area contributed by atoms with Gasteiger partial charge in [0.25, 0.3) is 0 Å². The van der Waals surface area contributed by atoms with Crippen LogP contribution in [0.25, 0.3) is 0 Å². The Bertz CT molecular complexity index is 971. The molecule has 4 amide bonds. The zero-order chi connectivity index (χ0) is 28.1. The predicted octanol–water partition coefficient (Wildman–Crippen LogP) is -2.39. The number of aliphatic hydroxyl groups excluding tert-OH is 1. The number of aliphatic hydroxyl groups is 1.